The fraction of sp³-hybridized carbons (Fsp3) is 0.154. The topological polar surface area (TPSA) is 34.1 Å². The van der Waals surface area contributed by atoms with Gasteiger partial charge in [0.25, 0.3) is 0 Å². The summed E-state index contributed by atoms with van der Waals surface area (Å²) < 4.78 is 6.70. The maximum atomic E-state index is 5.69. The van der Waals surface area contributed by atoms with E-state index in [1.807, 2.05) is 43.4 Å². The lowest BCUT2D eigenvalue weighted by Crippen LogP contribution is -1.98. The second-order valence-electron chi connectivity index (χ2n) is 3.55. The van der Waals surface area contributed by atoms with Crippen LogP contribution in [0.25, 0.3) is 0 Å². The molecule has 0 amide bonds. The number of hydrogen-bond acceptors (Lipinski definition) is 3. The minimum Gasteiger partial charge on any atom is -0.489 e. The number of pyridine rings is 1. The first kappa shape index (κ1) is 11.9. The van der Waals surface area contributed by atoms with Gasteiger partial charge in [-0.3, -0.25) is 0 Å². The molecule has 4 heteroatoms. The molecule has 1 aromatic carbocycles. The van der Waals surface area contributed by atoms with Crippen LogP contribution in [0.5, 0.6) is 5.75 Å². The Balaban J connectivity index is 2.02. The third-order valence-corrected chi connectivity index (χ3v) is 2.78. The van der Waals surface area contributed by atoms with E-state index in [2.05, 4.69) is 26.2 Å². The predicted octanol–water partition coefficient (Wildman–Crippen LogP) is 3.46. The number of rotatable bonds is 4. The minimum absolute atomic E-state index is 0.535. The van der Waals surface area contributed by atoms with Crippen molar-refractivity contribution in [1.29, 1.82) is 0 Å². The normalized spacial score (nSPS) is 10.0. The molecule has 0 unspecified atom stereocenters. The molecular weight excluding hydrogens is 280 g/mol. The summed E-state index contributed by atoms with van der Waals surface area (Å²) in [4.78, 5) is 4.15. The Morgan fingerprint density at radius 2 is 2.18 bits per heavy atom. The standard InChI is InChI=1S/C13H13BrN2O/c1-15-13-7-10(5-6-16-13)9-17-12-4-2-3-11(14)8-12/h2-8H,9H2,1H3,(H,15,16). The van der Waals surface area contributed by atoms with Gasteiger partial charge in [0.05, 0.1) is 0 Å². The highest BCUT2D eigenvalue weighted by molar-refractivity contribution is 9.10. The molecule has 0 saturated carbocycles. The van der Waals surface area contributed by atoms with Crippen LogP contribution in [0.2, 0.25) is 0 Å². The molecule has 17 heavy (non-hydrogen) atoms. The zero-order valence-electron chi connectivity index (χ0n) is 9.48. The van der Waals surface area contributed by atoms with Crippen molar-refractivity contribution in [2.45, 2.75) is 6.61 Å². The molecule has 1 N–H and O–H groups in total. The van der Waals surface area contributed by atoms with E-state index in [9.17, 15) is 0 Å². The molecule has 0 fully saturated rings. The molecule has 0 saturated heterocycles. The van der Waals surface area contributed by atoms with Gasteiger partial charge in [0, 0.05) is 17.7 Å². The van der Waals surface area contributed by atoms with Gasteiger partial charge in [-0.2, -0.15) is 0 Å². The summed E-state index contributed by atoms with van der Waals surface area (Å²) in [5, 5.41) is 3.00. The Kier molecular flexibility index (Phi) is 3.98. The molecule has 0 atom stereocenters. The molecule has 2 rings (SSSR count). The number of ether oxygens (including phenoxy) is 1. The van der Waals surface area contributed by atoms with Crippen molar-refractivity contribution in [3.8, 4) is 5.75 Å². The Bertz CT molecular complexity index is 502. The first-order valence-electron chi connectivity index (χ1n) is 5.29. The zero-order valence-corrected chi connectivity index (χ0v) is 11.1. The van der Waals surface area contributed by atoms with Crippen LogP contribution in [0.4, 0.5) is 5.82 Å². The first-order chi connectivity index (χ1) is 8.28. The van der Waals surface area contributed by atoms with Crippen LogP contribution in [-0.4, -0.2) is 12.0 Å². The van der Waals surface area contributed by atoms with Crippen LogP contribution in [0, 0.1) is 0 Å². The Morgan fingerprint density at radius 1 is 1.29 bits per heavy atom. The molecule has 0 aliphatic rings. The Hall–Kier alpha value is -1.55. The van der Waals surface area contributed by atoms with Crippen molar-refractivity contribution in [2.75, 3.05) is 12.4 Å². The SMILES string of the molecule is CNc1cc(COc2cccc(Br)c2)ccn1. The smallest absolute Gasteiger partial charge is 0.126 e. The molecule has 0 aliphatic carbocycles. The Morgan fingerprint density at radius 3 is 2.94 bits per heavy atom. The lowest BCUT2D eigenvalue weighted by Gasteiger charge is -2.07. The molecule has 0 radical (unpaired) electrons. The highest BCUT2D eigenvalue weighted by Gasteiger charge is 1.98. The van der Waals surface area contributed by atoms with Crippen LogP contribution in [-0.2, 0) is 6.61 Å². The first-order valence-corrected chi connectivity index (χ1v) is 6.08. The molecule has 0 spiro atoms. The van der Waals surface area contributed by atoms with Crippen LogP contribution in [0.15, 0.2) is 47.1 Å². The summed E-state index contributed by atoms with van der Waals surface area (Å²) in [7, 11) is 1.85. The molecule has 1 heterocycles. The number of nitrogens with one attached hydrogen (secondary N) is 1. The summed E-state index contributed by atoms with van der Waals surface area (Å²) in [5.41, 5.74) is 1.09. The van der Waals surface area contributed by atoms with Gasteiger partial charge >= 0.3 is 0 Å². The zero-order chi connectivity index (χ0) is 12.1. The third-order valence-electron chi connectivity index (χ3n) is 2.28. The van der Waals surface area contributed by atoms with E-state index in [1.165, 1.54) is 0 Å². The van der Waals surface area contributed by atoms with Gasteiger partial charge in [0.15, 0.2) is 0 Å². The van der Waals surface area contributed by atoms with Gasteiger partial charge < -0.3 is 10.1 Å². The minimum atomic E-state index is 0.535. The van der Waals surface area contributed by atoms with Crippen LogP contribution < -0.4 is 10.1 Å². The average Bonchev–Trinajstić information content (AvgIpc) is 2.37. The van der Waals surface area contributed by atoms with Gasteiger partial charge in [-0.1, -0.05) is 22.0 Å². The van der Waals surface area contributed by atoms with E-state index in [4.69, 9.17) is 4.74 Å². The lowest BCUT2D eigenvalue weighted by molar-refractivity contribution is 0.306. The molecular formula is C13H13BrN2O. The van der Waals surface area contributed by atoms with Crippen molar-refractivity contribution in [1.82, 2.24) is 4.98 Å². The predicted molar refractivity (Wildman–Crippen MR) is 72.3 cm³/mol. The molecule has 0 bridgehead atoms. The summed E-state index contributed by atoms with van der Waals surface area (Å²) in [6.07, 6.45) is 1.77. The summed E-state index contributed by atoms with van der Waals surface area (Å²) >= 11 is 3.41. The van der Waals surface area contributed by atoms with Crippen molar-refractivity contribution < 1.29 is 4.74 Å². The van der Waals surface area contributed by atoms with Crippen molar-refractivity contribution in [3.05, 3.63) is 52.6 Å². The van der Waals surface area contributed by atoms with E-state index in [0.29, 0.717) is 6.61 Å². The largest absolute Gasteiger partial charge is 0.489 e. The second kappa shape index (κ2) is 5.68. The van der Waals surface area contributed by atoms with E-state index in [-0.39, 0.29) is 0 Å². The van der Waals surface area contributed by atoms with Gasteiger partial charge in [0.1, 0.15) is 18.2 Å². The molecule has 1 aromatic heterocycles. The number of aromatic nitrogens is 1. The maximum Gasteiger partial charge on any atom is 0.126 e. The monoisotopic (exact) mass is 292 g/mol. The van der Waals surface area contributed by atoms with Crippen molar-refractivity contribution in [2.24, 2.45) is 0 Å². The fourth-order valence-electron chi connectivity index (χ4n) is 1.42. The van der Waals surface area contributed by atoms with Gasteiger partial charge in [-0.25, -0.2) is 4.98 Å². The van der Waals surface area contributed by atoms with E-state index in [0.717, 1.165) is 21.6 Å². The van der Waals surface area contributed by atoms with Crippen molar-refractivity contribution >= 4 is 21.7 Å². The number of hydrogen-bond donors (Lipinski definition) is 1. The van der Waals surface area contributed by atoms with E-state index in [1.54, 1.807) is 6.20 Å². The molecule has 0 aliphatic heterocycles. The fourth-order valence-corrected chi connectivity index (χ4v) is 1.80. The highest BCUT2D eigenvalue weighted by Crippen LogP contribution is 2.19. The summed E-state index contributed by atoms with van der Waals surface area (Å²) in [5.74, 6) is 1.70. The number of halogens is 1. The maximum absolute atomic E-state index is 5.69. The lowest BCUT2D eigenvalue weighted by atomic mass is 10.3. The quantitative estimate of drug-likeness (QED) is 0.937. The summed E-state index contributed by atoms with van der Waals surface area (Å²) in [6.45, 7) is 0.535. The van der Waals surface area contributed by atoms with E-state index < -0.39 is 0 Å². The van der Waals surface area contributed by atoms with Gasteiger partial charge in [0.2, 0.25) is 0 Å². The third kappa shape index (κ3) is 3.46. The highest BCUT2D eigenvalue weighted by atomic mass is 79.9. The Labute approximate surface area is 109 Å². The van der Waals surface area contributed by atoms with Crippen LogP contribution in [0.1, 0.15) is 5.56 Å². The average molecular weight is 293 g/mol. The second-order valence-corrected chi connectivity index (χ2v) is 4.46. The number of anilines is 1. The number of benzene rings is 1. The summed E-state index contributed by atoms with van der Waals surface area (Å²) in [6, 6.07) is 11.7. The van der Waals surface area contributed by atoms with Gasteiger partial charge in [-0.05, 0) is 35.9 Å². The molecule has 88 valence electrons. The molecule has 3 nitrogen and oxygen atoms in total. The number of nitrogens with zero attached hydrogens (tertiary/aromatic N) is 1. The molecule has 2 aromatic rings. The van der Waals surface area contributed by atoms with Crippen LogP contribution in [0.3, 0.4) is 0 Å². The van der Waals surface area contributed by atoms with E-state index >= 15 is 0 Å². The van der Waals surface area contributed by atoms with Gasteiger partial charge in [-0.15, -0.1) is 0 Å². The van der Waals surface area contributed by atoms with Crippen LogP contribution >= 0.6 is 15.9 Å². The van der Waals surface area contributed by atoms with Crippen molar-refractivity contribution in [3.63, 3.8) is 0 Å².